The maximum Gasteiger partial charge on any atom is 0.253 e. The van der Waals surface area contributed by atoms with Gasteiger partial charge in [-0.15, -0.1) is 0 Å². The van der Waals surface area contributed by atoms with Gasteiger partial charge in [0.15, 0.2) is 0 Å². The molecule has 0 unspecified atom stereocenters. The summed E-state index contributed by atoms with van der Waals surface area (Å²) in [5.41, 5.74) is 5.68. The van der Waals surface area contributed by atoms with Gasteiger partial charge in [-0.2, -0.15) is 0 Å². The molecule has 6 heteroatoms. The summed E-state index contributed by atoms with van der Waals surface area (Å²) in [7, 11) is 0. The van der Waals surface area contributed by atoms with E-state index in [1.165, 1.54) is 0 Å². The monoisotopic (exact) mass is 360 g/mol. The summed E-state index contributed by atoms with van der Waals surface area (Å²) in [5, 5.41) is 3.37. The van der Waals surface area contributed by atoms with E-state index in [4.69, 9.17) is 29.6 Å². The Balaban J connectivity index is 2.22. The molecule has 102 valence electrons. The van der Waals surface area contributed by atoms with Crippen LogP contribution < -0.4 is 11.1 Å². The van der Waals surface area contributed by atoms with Gasteiger partial charge < -0.3 is 11.1 Å². The molecular formula is C13H14BrClN2OS. The lowest BCUT2D eigenvalue weighted by Gasteiger charge is -2.29. The molecule has 0 saturated heterocycles. The second kappa shape index (κ2) is 5.77. The Labute approximate surface area is 131 Å². The van der Waals surface area contributed by atoms with E-state index in [2.05, 4.69) is 21.2 Å². The minimum absolute atomic E-state index is 0.229. The van der Waals surface area contributed by atoms with Crippen molar-refractivity contribution < 1.29 is 4.79 Å². The molecule has 0 aliphatic heterocycles. The Hall–Kier alpha value is -0.650. The number of rotatable bonds is 3. The normalized spacial score (nSPS) is 17.2. The van der Waals surface area contributed by atoms with Crippen molar-refractivity contribution in [3.63, 3.8) is 0 Å². The average Bonchev–Trinajstić information content (AvgIpc) is 2.78. The zero-order chi connectivity index (χ0) is 14.0. The van der Waals surface area contributed by atoms with E-state index in [0.29, 0.717) is 15.6 Å². The molecule has 1 fully saturated rings. The Morgan fingerprint density at radius 3 is 2.58 bits per heavy atom. The molecule has 3 nitrogen and oxygen atoms in total. The summed E-state index contributed by atoms with van der Waals surface area (Å²) in [4.78, 5) is 12.7. The van der Waals surface area contributed by atoms with E-state index in [1.54, 1.807) is 18.2 Å². The topological polar surface area (TPSA) is 55.1 Å². The number of halogens is 2. The highest BCUT2D eigenvalue weighted by molar-refractivity contribution is 9.10. The SMILES string of the molecule is NC(=S)C1(NC(=O)c2ccc(Br)cc2Cl)CCCC1. The molecule has 0 aromatic heterocycles. The van der Waals surface area contributed by atoms with Crippen LogP contribution in [0.4, 0.5) is 0 Å². The summed E-state index contributed by atoms with van der Waals surface area (Å²) in [6, 6.07) is 5.16. The fourth-order valence-electron chi connectivity index (χ4n) is 2.37. The molecule has 0 atom stereocenters. The van der Waals surface area contributed by atoms with Gasteiger partial charge in [0.1, 0.15) is 0 Å². The third-order valence-electron chi connectivity index (χ3n) is 3.46. The molecule has 1 aromatic carbocycles. The second-order valence-corrected chi connectivity index (χ2v) is 6.49. The number of thiocarbonyl (C=S) groups is 1. The van der Waals surface area contributed by atoms with Crippen molar-refractivity contribution in [1.29, 1.82) is 0 Å². The lowest BCUT2D eigenvalue weighted by Crippen LogP contribution is -2.54. The Morgan fingerprint density at radius 2 is 2.05 bits per heavy atom. The third-order valence-corrected chi connectivity index (χ3v) is 4.65. The number of benzene rings is 1. The lowest BCUT2D eigenvalue weighted by molar-refractivity contribution is 0.0924. The van der Waals surface area contributed by atoms with Crippen molar-refractivity contribution in [3.8, 4) is 0 Å². The van der Waals surface area contributed by atoms with Gasteiger partial charge in [0.2, 0.25) is 0 Å². The quantitative estimate of drug-likeness (QED) is 0.811. The first-order chi connectivity index (χ1) is 8.94. The van der Waals surface area contributed by atoms with Crippen molar-refractivity contribution in [2.45, 2.75) is 31.2 Å². The summed E-state index contributed by atoms with van der Waals surface area (Å²) in [6.07, 6.45) is 3.63. The van der Waals surface area contributed by atoms with Crippen LogP contribution in [0.1, 0.15) is 36.0 Å². The summed E-state index contributed by atoms with van der Waals surface area (Å²) in [6.45, 7) is 0. The Bertz CT molecular complexity index is 529. The van der Waals surface area contributed by atoms with Crippen molar-refractivity contribution in [1.82, 2.24) is 5.32 Å². The fourth-order valence-corrected chi connectivity index (χ4v) is 3.38. The van der Waals surface area contributed by atoms with Gasteiger partial charge in [-0.3, -0.25) is 4.79 Å². The minimum Gasteiger partial charge on any atom is -0.391 e. The van der Waals surface area contributed by atoms with Crippen molar-refractivity contribution in [2.75, 3.05) is 0 Å². The van der Waals surface area contributed by atoms with Crippen LogP contribution in [0, 0.1) is 0 Å². The highest BCUT2D eigenvalue weighted by atomic mass is 79.9. The predicted octanol–water partition coefficient (Wildman–Crippen LogP) is 3.43. The molecule has 0 radical (unpaired) electrons. The summed E-state index contributed by atoms with van der Waals surface area (Å²) in [5.74, 6) is -0.229. The Kier molecular flexibility index (Phi) is 4.48. The van der Waals surface area contributed by atoms with Gasteiger partial charge in [-0.1, -0.05) is 52.6 Å². The van der Waals surface area contributed by atoms with E-state index in [0.717, 1.165) is 30.2 Å². The molecule has 0 bridgehead atoms. The highest BCUT2D eigenvalue weighted by Crippen LogP contribution is 2.31. The van der Waals surface area contributed by atoms with Crippen LogP contribution >= 0.6 is 39.7 Å². The molecule has 19 heavy (non-hydrogen) atoms. The van der Waals surface area contributed by atoms with E-state index < -0.39 is 5.54 Å². The predicted molar refractivity (Wildman–Crippen MR) is 84.6 cm³/mol. The molecule has 2 rings (SSSR count). The van der Waals surface area contributed by atoms with Crippen LogP contribution in [0.15, 0.2) is 22.7 Å². The average molecular weight is 362 g/mol. The van der Waals surface area contributed by atoms with Gasteiger partial charge >= 0.3 is 0 Å². The van der Waals surface area contributed by atoms with Crippen LogP contribution in [-0.2, 0) is 0 Å². The van der Waals surface area contributed by atoms with Crippen LogP contribution in [0.2, 0.25) is 5.02 Å². The number of hydrogen-bond donors (Lipinski definition) is 2. The van der Waals surface area contributed by atoms with Crippen molar-refractivity contribution in [3.05, 3.63) is 33.3 Å². The zero-order valence-electron chi connectivity index (χ0n) is 10.2. The fraction of sp³-hybridized carbons (Fsp3) is 0.385. The first-order valence-corrected chi connectivity index (χ1v) is 7.60. The van der Waals surface area contributed by atoms with Gasteiger partial charge in [-0.05, 0) is 31.0 Å². The van der Waals surface area contributed by atoms with E-state index >= 15 is 0 Å². The number of carbonyl (C=O) groups is 1. The minimum atomic E-state index is -0.553. The van der Waals surface area contributed by atoms with Crippen LogP contribution in [0.3, 0.4) is 0 Å². The van der Waals surface area contributed by atoms with E-state index in [1.807, 2.05) is 0 Å². The number of nitrogens with one attached hydrogen (secondary N) is 1. The molecule has 0 heterocycles. The number of nitrogens with two attached hydrogens (primary N) is 1. The number of carbonyl (C=O) groups excluding carboxylic acids is 1. The maximum absolute atomic E-state index is 12.3. The van der Waals surface area contributed by atoms with Crippen molar-refractivity contribution >= 4 is 50.6 Å². The van der Waals surface area contributed by atoms with Gasteiger partial charge in [0, 0.05) is 4.47 Å². The molecule has 1 aromatic rings. The largest absolute Gasteiger partial charge is 0.391 e. The first kappa shape index (κ1) is 14.8. The third kappa shape index (κ3) is 3.09. The number of amides is 1. The molecule has 1 amide bonds. The van der Waals surface area contributed by atoms with Gasteiger partial charge in [-0.25, -0.2) is 0 Å². The first-order valence-electron chi connectivity index (χ1n) is 6.02. The zero-order valence-corrected chi connectivity index (χ0v) is 13.4. The van der Waals surface area contributed by atoms with Crippen LogP contribution in [-0.4, -0.2) is 16.4 Å². The van der Waals surface area contributed by atoms with E-state index in [9.17, 15) is 4.79 Å². The number of hydrogen-bond acceptors (Lipinski definition) is 2. The molecule has 0 spiro atoms. The van der Waals surface area contributed by atoms with Gasteiger partial charge in [0.25, 0.3) is 5.91 Å². The standard InChI is InChI=1S/C13H14BrClN2OS/c14-8-3-4-9(10(15)7-8)11(18)17-13(12(16)19)5-1-2-6-13/h3-4,7H,1-2,5-6H2,(H2,16,19)(H,17,18). The molecular weight excluding hydrogens is 348 g/mol. The Morgan fingerprint density at radius 1 is 1.42 bits per heavy atom. The van der Waals surface area contributed by atoms with Crippen LogP contribution in [0.5, 0.6) is 0 Å². The van der Waals surface area contributed by atoms with Crippen LogP contribution in [0.25, 0.3) is 0 Å². The smallest absolute Gasteiger partial charge is 0.253 e. The van der Waals surface area contributed by atoms with Gasteiger partial charge in [0.05, 0.1) is 21.1 Å². The van der Waals surface area contributed by atoms with E-state index in [-0.39, 0.29) is 5.91 Å². The molecule has 3 N–H and O–H groups in total. The lowest BCUT2D eigenvalue weighted by atomic mass is 9.97. The van der Waals surface area contributed by atoms with Crippen molar-refractivity contribution in [2.24, 2.45) is 5.73 Å². The molecule has 1 saturated carbocycles. The summed E-state index contributed by atoms with van der Waals surface area (Å²) >= 11 is 14.5. The highest BCUT2D eigenvalue weighted by Gasteiger charge is 2.38. The molecule has 1 aliphatic rings. The molecule has 1 aliphatic carbocycles. The maximum atomic E-state index is 12.3. The summed E-state index contributed by atoms with van der Waals surface area (Å²) < 4.78 is 0.832. The second-order valence-electron chi connectivity index (χ2n) is 4.73.